The average molecular weight is 476 g/mol. The van der Waals surface area contributed by atoms with Crippen molar-refractivity contribution in [3.8, 4) is 11.8 Å². The van der Waals surface area contributed by atoms with Crippen LogP contribution in [0.25, 0.3) is 0 Å². The second-order valence-corrected chi connectivity index (χ2v) is 20.6. The molecule has 0 radical (unpaired) electrons. The van der Waals surface area contributed by atoms with Gasteiger partial charge in [0, 0.05) is 0 Å². The molecule has 2 heterocycles. The van der Waals surface area contributed by atoms with E-state index in [1.807, 2.05) is 19.2 Å². The first-order valence-electron chi connectivity index (χ1n) is 10.6. The summed E-state index contributed by atoms with van der Waals surface area (Å²) in [4.78, 5) is 13.4. The molecule has 0 aliphatic rings. The van der Waals surface area contributed by atoms with Crippen LogP contribution in [0, 0.1) is 6.92 Å². The number of hydrogen-bond acceptors (Lipinski definition) is 4. The Hall–Kier alpha value is -1.17. The zero-order valence-corrected chi connectivity index (χ0v) is 20.4. The molecule has 0 bridgehead atoms. The molecule has 0 atom stereocenters. The maximum atomic E-state index is 5.81. The first kappa shape index (κ1) is 22.1. The first-order chi connectivity index (χ1) is 13.1. The molecule has 0 saturated carbocycles. The molecule has 2 rings (SSSR count). The number of hydrogen-bond donors (Lipinski definition) is 0. The molecule has 0 aliphatic heterocycles. The van der Waals surface area contributed by atoms with Gasteiger partial charge in [-0.05, 0) is 0 Å². The molecular weight excluding hydrogens is 441 g/mol. The fourth-order valence-electron chi connectivity index (χ4n) is 3.64. The Bertz CT molecular complexity index is 654. The number of pyridine rings is 1. The third kappa shape index (κ3) is 6.74. The summed E-state index contributed by atoms with van der Waals surface area (Å²) in [6.45, 7) is 8.86. The third-order valence-electron chi connectivity index (χ3n) is 5.29. The Labute approximate surface area is 169 Å². The van der Waals surface area contributed by atoms with E-state index in [1.54, 1.807) is 6.20 Å². The summed E-state index contributed by atoms with van der Waals surface area (Å²) in [5, 5.41) is 0. The quantitative estimate of drug-likeness (QED) is 0.351. The fraction of sp³-hybridized carbons (Fsp3) is 0.591. The summed E-state index contributed by atoms with van der Waals surface area (Å²) in [5.41, 5.74) is 0.901. The van der Waals surface area contributed by atoms with Crippen molar-refractivity contribution in [2.75, 3.05) is 0 Å². The van der Waals surface area contributed by atoms with E-state index < -0.39 is 18.4 Å². The van der Waals surface area contributed by atoms with Crippen molar-refractivity contribution < 1.29 is 4.74 Å². The molecule has 0 saturated heterocycles. The van der Waals surface area contributed by atoms with E-state index in [2.05, 4.69) is 42.9 Å². The van der Waals surface area contributed by atoms with Gasteiger partial charge in [-0.2, -0.15) is 0 Å². The number of unbranched alkanes of at least 4 members (excludes halogenated alkanes) is 3. The van der Waals surface area contributed by atoms with E-state index in [0.717, 1.165) is 11.4 Å². The number of aromatic nitrogens is 3. The molecule has 0 aliphatic carbocycles. The van der Waals surface area contributed by atoms with E-state index in [1.165, 1.54) is 55.5 Å². The van der Waals surface area contributed by atoms with Crippen LogP contribution in [-0.2, 0) is 0 Å². The number of ether oxygens (including phenoxy) is 1. The first-order valence-corrected chi connectivity index (χ1v) is 18.1. The van der Waals surface area contributed by atoms with Gasteiger partial charge in [0.05, 0.1) is 0 Å². The van der Waals surface area contributed by atoms with Crippen LogP contribution in [0.15, 0.2) is 30.6 Å². The molecule has 0 amide bonds. The van der Waals surface area contributed by atoms with Gasteiger partial charge in [-0.15, -0.1) is 0 Å². The Balaban J connectivity index is 2.22. The van der Waals surface area contributed by atoms with Crippen molar-refractivity contribution in [3.63, 3.8) is 0 Å². The van der Waals surface area contributed by atoms with Crippen LogP contribution in [0.2, 0.25) is 13.3 Å². The van der Waals surface area contributed by atoms with Crippen molar-refractivity contribution >= 4 is 22.1 Å². The standard InChI is InChI=1S/C10H8N3O.3C4H9.Sn/c1-8-4-6-12-10(13-8)14-9-3-2-5-11-7-9;3*1-3-4-2;/h2-4,6-7H,1H3;3*1,3-4H2,2H3;. The summed E-state index contributed by atoms with van der Waals surface area (Å²) in [6.07, 6.45) is 11.5. The van der Waals surface area contributed by atoms with Gasteiger partial charge in [-0.25, -0.2) is 0 Å². The van der Waals surface area contributed by atoms with E-state index in [0.29, 0.717) is 6.01 Å². The van der Waals surface area contributed by atoms with Crippen LogP contribution in [0.3, 0.4) is 0 Å². The van der Waals surface area contributed by atoms with Crippen LogP contribution >= 0.6 is 0 Å². The average Bonchev–Trinajstić information content (AvgIpc) is 2.68. The Morgan fingerprint density at radius 1 is 0.852 bits per heavy atom. The Morgan fingerprint density at radius 2 is 1.48 bits per heavy atom. The summed E-state index contributed by atoms with van der Waals surface area (Å²) in [5.74, 6) is 0.728. The fourth-order valence-corrected chi connectivity index (χ4v) is 19.0. The number of rotatable bonds is 12. The van der Waals surface area contributed by atoms with Crippen LogP contribution in [0.5, 0.6) is 11.8 Å². The zero-order chi connectivity index (χ0) is 19.5. The summed E-state index contributed by atoms with van der Waals surface area (Å²) >= 11 is -2.45. The van der Waals surface area contributed by atoms with Gasteiger partial charge in [0.25, 0.3) is 0 Å². The van der Waals surface area contributed by atoms with Gasteiger partial charge in [0.1, 0.15) is 0 Å². The SMILES string of the molecule is CCC[CH2][Sn]([CH2]CCC)([CH2]CCC)[c]1ccc(Oc2nccc(C)n2)cn1. The predicted molar refractivity (Wildman–Crippen MR) is 116 cm³/mol. The van der Waals surface area contributed by atoms with Gasteiger partial charge < -0.3 is 0 Å². The van der Waals surface area contributed by atoms with Crippen molar-refractivity contribution in [1.29, 1.82) is 0 Å². The summed E-state index contributed by atoms with van der Waals surface area (Å²) in [6, 6.07) is 6.58. The molecule has 0 N–H and O–H groups in total. The molecule has 0 spiro atoms. The molecule has 2 aromatic rings. The predicted octanol–water partition coefficient (Wildman–Crippen LogP) is 6.03. The minimum atomic E-state index is -2.45. The Kier molecular flexibility index (Phi) is 9.52. The molecule has 2 aromatic heterocycles. The van der Waals surface area contributed by atoms with E-state index in [-0.39, 0.29) is 0 Å². The minimum absolute atomic E-state index is 0.391. The van der Waals surface area contributed by atoms with Gasteiger partial charge in [0.15, 0.2) is 0 Å². The number of aryl methyl sites for hydroxylation is 1. The maximum absolute atomic E-state index is 5.81. The van der Waals surface area contributed by atoms with E-state index >= 15 is 0 Å². The van der Waals surface area contributed by atoms with Gasteiger partial charge >= 0.3 is 169 Å². The molecule has 0 aromatic carbocycles. The van der Waals surface area contributed by atoms with E-state index in [9.17, 15) is 0 Å². The third-order valence-corrected chi connectivity index (χ3v) is 20.5. The van der Waals surface area contributed by atoms with Crippen molar-refractivity contribution in [3.05, 3.63) is 36.3 Å². The Morgan fingerprint density at radius 3 is 1.96 bits per heavy atom. The molecule has 5 heteroatoms. The van der Waals surface area contributed by atoms with Gasteiger partial charge in [-0.1, -0.05) is 0 Å². The van der Waals surface area contributed by atoms with Crippen molar-refractivity contribution in [1.82, 2.24) is 15.0 Å². The molecule has 4 nitrogen and oxygen atoms in total. The summed E-state index contributed by atoms with van der Waals surface area (Å²) < 4.78 is 11.5. The molecular formula is C22H35N3OSn. The molecule has 0 unspecified atom stereocenters. The van der Waals surface area contributed by atoms with E-state index in [4.69, 9.17) is 9.72 Å². The van der Waals surface area contributed by atoms with Crippen LogP contribution < -0.4 is 8.45 Å². The number of nitrogens with zero attached hydrogens (tertiary/aromatic N) is 3. The molecule has 27 heavy (non-hydrogen) atoms. The van der Waals surface area contributed by atoms with Crippen molar-refractivity contribution in [2.45, 2.75) is 79.5 Å². The second kappa shape index (κ2) is 11.6. The van der Waals surface area contributed by atoms with Crippen molar-refractivity contribution in [2.24, 2.45) is 0 Å². The van der Waals surface area contributed by atoms with Crippen LogP contribution in [0.4, 0.5) is 0 Å². The monoisotopic (exact) mass is 477 g/mol. The van der Waals surface area contributed by atoms with Crippen LogP contribution in [-0.4, -0.2) is 33.3 Å². The second-order valence-electron chi connectivity index (χ2n) is 7.55. The van der Waals surface area contributed by atoms with Gasteiger partial charge in [0.2, 0.25) is 0 Å². The zero-order valence-electron chi connectivity index (χ0n) is 17.5. The van der Waals surface area contributed by atoms with Gasteiger partial charge in [-0.3, -0.25) is 0 Å². The molecule has 148 valence electrons. The summed E-state index contributed by atoms with van der Waals surface area (Å²) in [7, 11) is 0. The van der Waals surface area contributed by atoms with Crippen LogP contribution in [0.1, 0.15) is 65.0 Å². The normalized spacial score (nSPS) is 11.6. The molecule has 0 fully saturated rings. The topological polar surface area (TPSA) is 47.9 Å².